The van der Waals surface area contributed by atoms with E-state index in [1.54, 1.807) is 31.5 Å². The average Bonchev–Trinajstić information content (AvgIpc) is 3.36. The number of amides is 1. The van der Waals surface area contributed by atoms with E-state index in [1.807, 2.05) is 17.0 Å². The van der Waals surface area contributed by atoms with Crippen LogP contribution in [0, 0.1) is 5.82 Å². The molecule has 2 aromatic heterocycles. The van der Waals surface area contributed by atoms with Gasteiger partial charge in [-0.3, -0.25) is 4.79 Å². The molecular formula is C27H26ClFN4O4. The number of nitrogens with zero attached hydrogens (tertiary/aromatic N) is 2. The molecule has 0 spiro atoms. The lowest BCUT2D eigenvalue weighted by atomic mass is 10.0. The van der Waals surface area contributed by atoms with Crippen molar-refractivity contribution in [2.45, 2.75) is 13.0 Å². The second-order valence-electron chi connectivity index (χ2n) is 8.72. The molecule has 0 radical (unpaired) electrons. The van der Waals surface area contributed by atoms with Gasteiger partial charge in [0.2, 0.25) is 5.75 Å². The highest BCUT2D eigenvalue weighted by molar-refractivity contribution is 6.31. The van der Waals surface area contributed by atoms with Crippen LogP contribution in [0.15, 0.2) is 53.3 Å². The molecule has 192 valence electrons. The van der Waals surface area contributed by atoms with Crippen molar-refractivity contribution in [3.8, 4) is 22.6 Å². The van der Waals surface area contributed by atoms with Crippen molar-refractivity contribution in [3.05, 3.63) is 70.8 Å². The minimum absolute atomic E-state index is 0.00986. The Morgan fingerprint density at radius 3 is 2.65 bits per heavy atom. The largest absolute Gasteiger partial charge is 0.496 e. The van der Waals surface area contributed by atoms with Gasteiger partial charge in [-0.25, -0.2) is 9.37 Å². The molecule has 0 bridgehead atoms. The van der Waals surface area contributed by atoms with Crippen molar-refractivity contribution >= 4 is 34.3 Å². The standard InChI is InChI=1S/C27H26ClFN4O4/c1-15(22-21(35-2)8-7-20(29)23(22)28)37-25-24-18(13-32-26(25)30)19(14-36-24)16-3-5-17(6-4-16)27(34)33-11-9-31-10-12-33/h3-8,13-15,31H,9-12H2,1-2H3,(H2,30,32)/t15-/m1/s1. The van der Waals surface area contributed by atoms with Crippen LogP contribution in [-0.4, -0.2) is 49.1 Å². The zero-order valence-corrected chi connectivity index (χ0v) is 21.1. The quantitative estimate of drug-likeness (QED) is 0.363. The van der Waals surface area contributed by atoms with Crippen LogP contribution in [0.25, 0.3) is 22.1 Å². The molecule has 10 heteroatoms. The van der Waals surface area contributed by atoms with Crippen LogP contribution < -0.4 is 20.5 Å². The first-order chi connectivity index (χ1) is 17.9. The molecule has 1 atom stereocenters. The van der Waals surface area contributed by atoms with E-state index in [4.69, 9.17) is 31.2 Å². The Balaban J connectivity index is 1.45. The van der Waals surface area contributed by atoms with Crippen LogP contribution in [0.5, 0.6) is 11.5 Å². The number of hydrogen-bond acceptors (Lipinski definition) is 7. The maximum Gasteiger partial charge on any atom is 0.253 e. The third-order valence-corrected chi connectivity index (χ3v) is 6.85. The summed E-state index contributed by atoms with van der Waals surface area (Å²) in [6.45, 7) is 4.67. The smallest absolute Gasteiger partial charge is 0.253 e. The van der Waals surface area contributed by atoms with E-state index in [2.05, 4.69) is 10.3 Å². The molecule has 0 aliphatic carbocycles. The zero-order chi connectivity index (χ0) is 26.1. The van der Waals surface area contributed by atoms with Crippen LogP contribution in [0.1, 0.15) is 28.9 Å². The third-order valence-electron chi connectivity index (χ3n) is 6.46. The van der Waals surface area contributed by atoms with Crippen LogP contribution >= 0.6 is 11.6 Å². The minimum Gasteiger partial charge on any atom is -0.496 e. The van der Waals surface area contributed by atoms with E-state index in [9.17, 15) is 9.18 Å². The van der Waals surface area contributed by atoms with Crippen molar-refractivity contribution in [2.75, 3.05) is 39.0 Å². The van der Waals surface area contributed by atoms with Gasteiger partial charge in [-0.2, -0.15) is 0 Å². The van der Waals surface area contributed by atoms with E-state index in [-0.39, 0.29) is 22.5 Å². The number of pyridine rings is 1. The van der Waals surface area contributed by atoms with E-state index in [0.29, 0.717) is 40.9 Å². The number of methoxy groups -OCH3 is 1. The van der Waals surface area contributed by atoms with Crippen molar-refractivity contribution < 1.29 is 23.1 Å². The highest BCUT2D eigenvalue weighted by Gasteiger charge is 2.24. The lowest BCUT2D eigenvalue weighted by molar-refractivity contribution is 0.0736. The summed E-state index contributed by atoms with van der Waals surface area (Å²) in [4.78, 5) is 18.9. The first-order valence-electron chi connectivity index (χ1n) is 11.8. The lowest BCUT2D eigenvalue weighted by Crippen LogP contribution is -2.46. The van der Waals surface area contributed by atoms with Gasteiger partial charge in [0.15, 0.2) is 11.4 Å². The summed E-state index contributed by atoms with van der Waals surface area (Å²) in [7, 11) is 1.47. The molecule has 3 heterocycles. The number of furan rings is 1. The molecule has 2 aromatic carbocycles. The van der Waals surface area contributed by atoms with Gasteiger partial charge < -0.3 is 29.8 Å². The molecular weight excluding hydrogens is 499 g/mol. The van der Waals surface area contributed by atoms with Crippen LogP contribution in [0.3, 0.4) is 0 Å². The van der Waals surface area contributed by atoms with Gasteiger partial charge in [-0.1, -0.05) is 23.7 Å². The number of benzene rings is 2. The fraction of sp³-hybridized carbons (Fsp3) is 0.259. The number of carbonyl (C=O) groups excluding carboxylic acids is 1. The summed E-state index contributed by atoms with van der Waals surface area (Å²) in [5.41, 5.74) is 9.11. The number of rotatable bonds is 6. The van der Waals surface area contributed by atoms with Crippen molar-refractivity contribution in [1.82, 2.24) is 15.2 Å². The van der Waals surface area contributed by atoms with Crippen LogP contribution in [-0.2, 0) is 0 Å². The second kappa shape index (κ2) is 10.3. The molecule has 5 rings (SSSR count). The molecule has 8 nitrogen and oxygen atoms in total. The highest BCUT2D eigenvalue weighted by atomic mass is 35.5. The normalized spacial score (nSPS) is 14.5. The molecule has 0 saturated carbocycles. The van der Waals surface area contributed by atoms with E-state index >= 15 is 0 Å². The number of carbonyl (C=O) groups is 1. The Labute approximate surface area is 218 Å². The van der Waals surface area contributed by atoms with Crippen LogP contribution in [0.2, 0.25) is 5.02 Å². The molecule has 37 heavy (non-hydrogen) atoms. The number of hydrogen-bond donors (Lipinski definition) is 2. The van der Waals surface area contributed by atoms with Crippen molar-refractivity contribution in [1.29, 1.82) is 0 Å². The molecule has 1 fully saturated rings. The lowest BCUT2D eigenvalue weighted by Gasteiger charge is -2.27. The molecule has 4 aromatic rings. The van der Waals surface area contributed by atoms with Gasteiger partial charge in [0.25, 0.3) is 5.91 Å². The van der Waals surface area contributed by atoms with Gasteiger partial charge in [0.1, 0.15) is 17.7 Å². The van der Waals surface area contributed by atoms with Crippen molar-refractivity contribution in [2.24, 2.45) is 0 Å². The highest BCUT2D eigenvalue weighted by Crippen LogP contribution is 2.42. The summed E-state index contributed by atoms with van der Waals surface area (Å²) >= 11 is 6.23. The number of halogens is 2. The number of nitrogens with two attached hydrogens (primary N) is 1. The Kier molecular flexibility index (Phi) is 6.90. The average molecular weight is 525 g/mol. The Morgan fingerprint density at radius 1 is 1.22 bits per heavy atom. The Morgan fingerprint density at radius 2 is 1.95 bits per heavy atom. The summed E-state index contributed by atoms with van der Waals surface area (Å²) in [6, 6.07) is 10.1. The first-order valence-corrected chi connectivity index (χ1v) is 12.2. The molecule has 1 aliphatic rings. The SMILES string of the molecule is COc1ccc(F)c(Cl)c1[C@@H](C)Oc1c(N)ncc2c(-c3ccc(C(=O)N4CCNCC4)cc3)coc12. The number of ether oxygens (including phenoxy) is 2. The minimum atomic E-state index is -0.725. The topological polar surface area (TPSA) is 103 Å². The van der Waals surface area contributed by atoms with E-state index < -0.39 is 11.9 Å². The number of piperazine rings is 1. The van der Waals surface area contributed by atoms with Crippen LogP contribution in [0.4, 0.5) is 10.2 Å². The van der Waals surface area contributed by atoms with Gasteiger partial charge in [0, 0.05) is 43.5 Å². The molecule has 0 unspecified atom stereocenters. The third kappa shape index (κ3) is 4.68. The van der Waals surface area contributed by atoms with Gasteiger partial charge >= 0.3 is 0 Å². The van der Waals surface area contributed by atoms with Gasteiger partial charge in [-0.15, -0.1) is 0 Å². The summed E-state index contributed by atoms with van der Waals surface area (Å²) in [6.07, 6.45) is 2.47. The number of nitrogen functional groups attached to an aromatic ring is 1. The second-order valence-corrected chi connectivity index (χ2v) is 9.10. The summed E-state index contributed by atoms with van der Waals surface area (Å²) in [5.74, 6) is 0.132. The number of fused-ring (bicyclic) bond motifs is 1. The number of aromatic nitrogens is 1. The predicted octanol–water partition coefficient (Wildman–Crippen LogP) is 5.06. The summed E-state index contributed by atoms with van der Waals surface area (Å²) < 4.78 is 31.5. The fourth-order valence-corrected chi connectivity index (χ4v) is 4.81. The van der Waals surface area contributed by atoms with Crippen molar-refractivity contribution in [3.63, 3.8) is 0 Å². The number of nitrogens with one attached hydrogen (secondary N) is 1. The monoisotopic (exact) mass is 524 g/mol. The molecule has 3 N–H and O–H groups in total. The Bertz CT molecular complexity index is 1450. The first kappa shape index (κ1) is 24.9. The maximum atomic E-state index is 14.2. The summed E-state index contributed by atoms with van der Waals surface area (Å²) in [5, 5.41) is 3.83. The Hall–Kier alpha value is -3.82. The number of anilines is 1. The fourth-order valence-electron chi connectivity index (χ4n) is 4.50. The van der Waals surface area contributed by atoms with Gasteiger partial charge in [-0.05, 0) is 36.8 Å². The zero-order valence-electron chi connectivity index (χ0n) is 20.4. The van der Waals surface area contributed by atoms with E-state index in [0.717, 1.165) is 24.2 Å². The molecule has 1 amide bonds. The predicted molar refractivity (Wildman–Crippen MR) is 140 cm³/mol. The van der Waals surface area contributed by atoms with E-state index in [1.165, 1.54) is 19.2 Å². The molecule has 1 aliphatic heterocycles. The maximum absolute atomic E-state index is 14.2. The molecule has 1 saturated heterocycles. The van der Waals surface area contributed by atoms with Gasteiger partial charge in [0.05, 0.1) is 29.3 Å².